The smallest absolute Gasteiger partial charge is 0.271 e. The van der Waals surface area contributed by atoms with Crippen molar-refractivity contribution in [3.05, 3.63) is 118 Å². The quantitative estimate of drug-likeness (QED) is 0.206. The summed E-state index contributed by atoms with van der Waals surface area (Å²) in [7, 11) is -2.47. The molecule has 0 aliphatic heterocycles. The van der Waals surface area contributed by atoms with Gasteiger partial charge in [0.2, 0.25) is 0 Å². The molecule has 0 aliphatic carbocycles. The molecule has 1 amide bonds. The lowest BCUT2D eigenvalue weighted by Crippen LogP contribution is -2.31. The predicted octanol–water partition coefficient (Wildman–Crippen LogP) is 5.52. The summed E-state index contributed by atoms with van der Waals surface area (Å²) in [4.78, 5) is 12.7. The SMILES string of the molecule is COc1cc(/C=N\NC(=O)c2ccc(CN(c3cc(Cl)ccc3C)S(=O)(=O)c3ccccc3)cc2)ccc1O. The fourth-order valence-corrected chi connectivity index (χ4v) is 5.50. The third kappa shape index (κ3) is 6.57. The molecule has 0 heterocycles. The lowest BCUT2D eigenvalue weighted by atomic mass is 10.1. The lowest BCUT2D eigenvalue weighted by Gasteiger charge is -2.26. The number of hydrogen-bond acceptors (Lipinski definition) is 6. The monoisotopic (exact) mass is 563 g/mol. The second kappa shape index (κ2) is 12.0. The minimum atomic E-state index is -3.91. The summed E-state index contributed by atoms with van der Waals surface area (Å²) >= 11 is 6.22. The average molecular weight is 564 g/mol. The topological polar surface area (TPSA) is 108 Å². The first kappa shape index (κ1) is 27.7. The molecular weight excluding hydrogens is 538 g/mol. The number of nitrogens with zero attached hydrogens (tertiary/aromatic N) is 2. The highest BCUT2D eigenvalue weighted by Gasteiger charge is 2.26. The molecule has 200 valence electrons. The van der Waals surface area contributed by atoms with Crippen molar-refractivity contribution in [1.82, 2.24) is 5.43 Å². The van der Waals surface area contributed by atoms with E-state index in [0.717, 1.165) is 5.56 Å². The van der Waals surface area contributed by atoms with Crippen molar-refractivity contribution >= 4 is 39.4 Å². The third-order valence-electron chi connectivity index (χ3n) is 5.90. The van der Waals surface area contributed by atoms with Crippen LogP contribution in [-0.4, -0.2) is 32.8 Å². The Morgan fingerprint density at radius 1 is 1.03 bits per heavy atom. The van der Waals surface area contributed by atoms with E-state index >= 15 is 0 Å². The van der Waals surface area contributed by atoms with Gasteiger partial charge in [-0.25, -0.2) is 13.8 Å². The Kier molecular flexibility index (Phi) is 8.53. The number of benzene rings is 4. The molecule has 0 spiro atoms. The largest absolute Gasteiger partial charge is 0.504 e. The van der Waals surface area contributed by atoms with Crippen molar-refractivity contribution in [3.63, 3.8) is 0 Å². The van der Waals surface area contributed by atoms with Crippen molar-refractivity contribution in [2.75, 3.05) is 11.4 Å². The Morgan fingerprint density at radius 2 is 1.74 bits per heavy atom. The van der Waals surface area contributed by atoms with Gasteiger partial charge in [0.05, 0.1) is 30.5 Å². The van der Waals surface area contributed by atoms with Crippen LogP contribution in [0.5, 0.6) is 11.5 Å². The molecule has 0 radical (unpaired) electrons. The number of phenols is 1. The number of nitrogens with one attached hydrogen (secondary N) is 1. The van der Waals surface area contributed by atoms with Gasteiger partial charge in [0.25, 0.3) is 15.9 Å². The van der Waals surface area contributed by atoms with Crippen LogP contribution in [0.1, 0.15) is 27.0 Å². The highest BCUT2D eigenvalue weighted by Crippen LogP contribution is 2.31. The van der Waals surface area contributed by atoms with Crippen molar-refractivity contribution in [2.24, 2.45) is 5.10 Å². The standard InChI is InChI=1S/C29H26ClN3O5S/c1-20-8-14-24(30)17-26(20)33(39(36,37)25-6-4-3-5-7-25)19-21-9-12-23(13-10-21)29(35)32-31-18-22-11-15-27(34)28(16-22)38-2/h3-18,34H,19H2,1-2H3,(H,32,35)/b31-18-. The van der Waals surface area contributed by atoms with Crippen LogP contribution < -0.4 is 14.5 Å². The Hall–Kier alpha value is -4.34. The predicted molar refractivity (Wildman–Crippen MR) is 152 cm³/mol. The van der Waals surface area contributed by atoms with Crippen LogP contribution in [-0.2, 0) is 16.6 Å². The molecule has 0 fully saturated rings. The van der Waals surface area contributed by atoms with Gasteiger partial charge in [-0.15, -0.1) is 0 Å². The summed E-state index contributed by atoms with van der Waals surface area (Å²) in [5.74, 6) is -0.153. The molecule has 0 saturated carbocycles. The zero-order valence-corrected chi connectivity index (χ0v) is 22.8. The number of phenolic OH excluding ortho intramolecular Hbond substituents is 1. The number of carbonyl (C=O) groups is 1. The molecule has 0 saturated heterocycles. The number of aromatic hydroxyl groups is 1. The van der Waals surface area contributed by atoms with E-state index in [2.05, 4.69) is 10.5 Å². The Bertz CT molecular complexity index is 1610. The molecule has 4 aromatic carbocycles. The minimum Gasteiger partial charge on any atom is -0.504 e. The van der Waals surface area contributed by atoms with Crippen LogP contribution >= 0.6 is 11.6 Å². The van der Waals surface area contributed by atoms with Gasteiger partial charge in [0.15, 0.2) is 11.5 Å². The molecule has 0 unspecified atom stereocenters. The number of methoxy groups -OCH3 is 1. The van der Waals surface area contributed by atoms with E-state index in [4.69, 9.17) is 16.3 Å². The van der Waals surface area contributed by atoms with Crippen LogP contribution in [0.4, 0.5) is 5.69 Å². The number of sulfonamides is 1. The van der Waals surface area contributed by atoms with E-state index in [0.29, 0.717) is 27.4 Å². The number of ether oxygens (including phenoxy) is 1. The zero-order chi connectivity index (χ0) is 28.0. The summed E-state index contributed by atoms with van der Waals surface area (Å²) in [5.41, 5.74) is 5.30. The van der Waals surface area contributed by atoms with Crippen LogP contribution in [0, 0.1) is 6.92 Å². The van der Waals surface area contributed by atoms with E-state index in [1.165, 1.54) is 23.7 Å². The van der Waals surface area contributed by atoms with Gasteiger partial charge < -0.3 is 9.84 Å². The fraction of sp³-hybridized carbons (Fsp3) is 0.103. The van der Waals surface area contributed by atoms with E-state index < -0.39 is 15.9 Å². The molecule has 10 heteroatoms. The molecule has 0 aromatic heterocycles. The number of amides is 1. The van der Waals surface area contributed by atoms with E-state index in [-0.39, 0.29) is 22.9 Å². The van der Waals surface area contributed by atoms with Gasteiger partial charge in [0.1, 0.15) is 0 Å². The summed E-state index contributed by atoms with van der Waals surface area (Å²) in [6.45, 7) is 1.85. The van der Waals surface area contributed by atoms with Crippen LogP contribution in [0.2, 0.25) is 5.02 Å². The maximum absolute atomic E-state index is 13.7. The zero-order valence-electron chi connectivity index (χ0n) is 21.2. The summed E-state index contributed by atoms with van der Waals surface area (Å²) in [6, 6.07) is 24.5. The molecule has 8 nitrogen and oxygen atoms in total. The van der Waals surface area contributed by atoms with Crippen LogP contribution in [0.25, 0.3) is 0 Å². The fourth-order valence-electron chi connectivity index (χ4n) is 3.80. The molecule has 0 aliphatic rings. The van der Waals surface area contributed by atoms with Crippen LogP contribution in [0.15, 0.2) is 101 Å². The normalized spacial score (nSPS) is 11.4. The first-order valence-electron chi connectivity index (χ1n) is 11.8. The van der Waals surface area contributed by atoms with Crippen molar-refractivity contribution in [1.29, 1.82) is 0 Å². The Morgan fingerprint density at radius 3 is 2.44 bits per heavy atom. The number of hydrogen-bond donors (Lipinski definition) is 2. The molecule has 4 aromatic rings. The molecule has 0 bridgehead atoms. The van der Waals surface area contributed by atoms with Gasteiger partial charge in [-0.1, -0.05) is 48.0 Å². The molecule has 39 heavy (non-hydrogen) atoms. The van der Waals surface area contributed by atoms with E-state index in [1.54, 1.807) is 84.9 Å². The Balaban J connectivity index is 1.54. The average Bonchev–Trinajstić information content (AvgIpc) is 2.94. The van der Waals surface area contributed by atoms with Gasteiger partial charge in [0, 0.05) is 10.6 Å². The van der Waals surface area contributed by atoms with Crippen molar-refractivity contribution < 1.29 is 23.1 Å². The van der Waals surface area contributed by atoms with E-state index in [9.17, 15) is 18.3 Å². The highest BCUT2D eigenvalue weighted by molar-refractivity contribution is 7.92. The second-order valence-corrected chi connectivity index (χ2v) is 10.9. The minimum absolute atomic E-state index is 0.000526. The highest BCUT2D eigenvalue weighted by atomic mass is 35.5. The maximum atomic E-state index is 13.7. The first-order chi connectivity index (χ1) is 18.7. The number of rotatable bonds is 9. The molecule has 0 atom stereocenters. The number of hydrazone groups is 1. The number of halogens is 1. The third-order valence-corrected chi connectivity index (χ3v) is 7.91. The summed E-state index contributed by atoms with van der Waals surface area (Å²) < 4.78 is 33.7. The van der Waals surface area contributed by atoms with Gasteiger partial charge in [-0.3, -0.25) is 9.10 Å². The maximum Gasteiger partial charge on any atom is 0.271 e. The molecule has 4 rings (SSSR count). The van der Waals surface area contributed by atoms with Crippen molar-refractivity contribution in [2.45, 2.75) is 18.4 Å². The summed E-state index contributed by atoms with van der Waals surface area (Å²) in [6.07, 6.45) is 1.42. The number of carbonyl (C=O) groups excluding carboxylic acids is 1. The van der Waals surface area contributed by atoms with E-state index in [1.807, 2.05) is 6.92 Å². The molecule has 2 N–H and O–H groups in total. The second-order valence-electron chi connectivity index (χ2n) is 8.58. The first-order valence-corrected chi connectivity index (χ1v) is 13.6. The number of aryl methyl sites for hydroxylation is 1. The van der Waals surface area contributed by atoms with Gasteiger partial charge in [-0.05, 0) is 78.2 Å². The lowest BCUT2D eigenvalue weighted by molar-refractivity contribution is 0.0955. The molecular formula is C29H26ClN3O5S. The van der Waals surface area contributed by atoms with Gasteiger partial charge >= 0.3 is 0 Å². The van der Waals surface area contributed by atoms with Gasteiger partial charge in [-0.2, -0.15) is 5.10 Å². The number of anilines is 1. The summed E-state index contributed by atoms with van der Waals surface area (Å²) in [5, 5.41) is 14.1. The van der Waals surface area contributed by atoms with Crippen LogP contribution in [0.3, 0.4) is 0 Å². The van der Waals surface area contributed by atoms with Crippen molar-refractivity contribution in [3.8, 4) is 11.5 Å². The Labute approximate surface area is 232 Å².